The normalized spacial score (nSPS) is 20.7. The Morgan fingerprint density at radius 2 is 2.23 bits per heavy atom. The molecule has 5 nitrogen and oxygen atoms in total. The van der Waals surface area contributed by atoms with Crippen molar-refractivity contribution < 1.29 is 10.0 Å². The fourth-order valence-corrected chi connectivity index (χ4v) is 1.44. The maximum Gasteiger partial charge on any atom is 0.266 e. The van der Waals surface area contributed by atoms with E-state index in [2.05, 4.69) is 22.4 Å². The number of rotatable bonds is 2. The number of nitrogens with one attached hydrogen (secondary N) is 1. The van der Waals surface area contributed by atoms with Crippen LogP contribution in [-0.2, 0) is 4.79 Å². The van der Waals surface area contributed by atoms with Gasteiger partial charge in [-0.1, -0.05) is 5.16 Å². The third kappa shape index (κ3) is 3.42. The molecule has 74 valence electrons. The zero-order chi connectivity index (χ0) is 9.68. The van der Waals surface area contributed by atoms with Crippen molar-refractivity contribution in [2.45, 2.75) is 18.9 Å². The summed E-state index contributed by atoms with van der Waals surface area (Å²) in [6.07, 6.45) is 2.81. The van der Waals surface area contributed by atoms with Crippen molar-refractivity contribution in [3.05, 3.63) is 0 Å². The van der Waals surface area contributed by atoms with Crippen molar-refractivity contribution in [2.75, 3.05) is 20.1 Å². The Morgan fingerprint density at radius 3 is 2.77 bits per heavy atom. The first kappa shape index (κ1) is 9.98. The van der Waals surface area contributed by atoms with E-state index in [0.29, 0.717) is 0 Å². The molecule has 1 aliphatic rings. The molecule has 1 aliphatic heterocycles. The third-order valence-electron chi connectivity index (χ3n) is 2.24. The predicted molar refractivity (Wildman–Crippen MR) is 48.9 cm³/mol. The topological polar surface area (TPSA) is 64.9 Å². The molecule has 2 N–H and O–H groups in total. The number of hydrogen-bond acceptors (Lipinski definition) is 4. The number of hydrogen-bond donors (Lipinski definition) is 2. The lowest BCUT2D eigenvalue weighted by Crippen LogP contribution is -2.43. The van der Waals surface area contributed by atoms with Gasteiger partial charge in [0.25, 0.3) is 5.91 Å². The molecular formula is C8H15N3O2. The zero-order valence-corrected chi connectivity index (χ0v) is 7.73. The van der Waals surface area contributed by atoms with Crippen LogP contribution in [0.1, 0.15) is 12.8 Å². The first-order valence-electron chi connectivity index (χ1n) is 4.39. The van der Waals surface area contributed by atoms with E-state index in [1.807, 2.05) is 0 Å². The number of amides is 1. The molecule has 1 heterocycles. The summed E-state index contributed by atoms with van der Waals surface area (Å²) in [5.41, 5.74) is 0. The summed E-state index contributed by atoms with van der Waals surface area (Å²) in [5, 5.41) is 13.5. The Balaban J connectivity index is 2.26. The van der Waals surface area contributed by atoms with Crippen LogP contribution in [0.25, 0.3) is 0 Å². The molecule has 1 fully saturated rings. The minimum absolute atomic E-state index is 0.224. The molecule has 5 heteroatoms. The van der Waals surface area contributed by atoms with Gasteiger partial charge in [0, 0.05) is 6.04 Å². The number of likely N-dealkylation sites (tertiary alicyclic amines) is 1. The van der Waals surface area contributed by atoms with Crippen molar-refractivity contribution in [1.29, 1.82) is 0 Å². The van der Waals surface area contributed by atoms with E-state index >= 15 is 0 Å². The van der Waals surface area contributed by atoms with Crippen LogP contribution in [0, 0.1) is 0 Å². The summed E-state index contributed by atoms with van der Waals surface area (Å²) in [7, 11) is 2.06. The van der Waals surface area contributed by atoms with Crippen LogP contribution in [0.15, 0.2) is 5.16 Å². The highest BCUT2D eigenvalue weighted by Crippen LogP contribution is 2.07. The molecular weight excluding hydrogens is 170 g/mol. The standard InChI is InChI=1S/C8H15N3O2/c1-11-4-2-7(3-5-11)10-8(12)6-9-13/h6-7,13H,2-5H2,1H3,(H,10,12)/b9-6-. The van der Waals surface area contributed by atoms with Crippen molar-refractivity contribution >= 4 is 12.1 Å². The Bertz CT molecular complexity index is 198. The summed E-state index contributed by atoms with van der Waals surface area (Å²) >= 11 is 0. The highest BCUT2D eigenvalue weighted by molar-refractivity contribution is 6.26. The van der Waals surface area contributed by atoms with E-state index in [4.69, 9.17) is 5.21 Å². The summed E-state index contributed by atoms with van der Waals surface area (Å²) < 4.78 is 0. The van der Waals surface area contributed by atoms with Gasteiger partial charge in [-0.05, 0) is 33.0 Å². The largest absolute Gasteiger partial charge is 0.411 e. The van der Waals surface area contributed by atoms with Crippen LogP contribution in [0.4, 0.5) is 0 Å². The molecule has 1 amide bonds. The van der Waals surface area contributed by atoms with Crippen LogP contribution in [0.3, 0.4) is 0 Å². The molecule has 1 saturated heterocycles. The van der Waals surface area contributed by atoms with Crippen LogP contribution in [0.5, 0.6) is 0 Å². The molecule has 0 radical (unpaired) electrons. The van der Waals surface area contributed by atoms with Gasteiger partial charge in [-0.2, -0.15) is 0 Å². The van der Waals surface area contributed by atoms with Gasteiger partial charge in [-0.3, -0.25) is 4.79 Å². The smallest absolute Gasteiger partial charge is 0.266 e. The quantitative estimate of drug-likeness (QED) is 0.351. The molecule has 1 rings (SSSR count). The monoisotopic (exact) mass is 185 g/mol. The molecule has 0 aromatic heterocycles. The zero-order valence-electron chi connectivity index (χ0n) is 7.73. The van der Waals surface area contributed by atoms with Crippen molar-refractivity contribution in [2.24, 2.45) is 5.16 Å². The summed E-state index contributed by atoms with van der Waals surface area (Å²) in [5.74, 6) is -0.322. The van der Waals surface area contributed by atoms with Crippen LogP contribution in [-0.4, -0.2) is 48.4 Å². The summed E-state index contributed by atoms with van der Waals surface area (Å²) in [4.78, 5) is 13.2. The van der Waals surface area contributed by atoms with E-state index in [1.165, 1.54) is 0 Å². The first-order valence-corrected chi connectivity index (χ1v) is 4.39. The lowest BCUT2D eigenvalue weighted by molar-refractivity contribution is -0.115. The van der Waals surface area contributed by atoms with E-state index in [9.17, 15) is 4.79 Å². The predicted octanol–water partition coefficient (Wildman–Crippen LogP) is -0.343. The molecule has 13 heavy (non-hydrogen) atoms. The molecule has 0 aliphatic carbocycles. The van der Waals surface area contributed by atoms with Gasteiger partial charge in [-0.15, -0.1) is 0 Å². The van der Waals surface area contributed by atoms with Gasteiger partial charge in [0.05, 0.1) is 0 Å². The van der Waals surface area contributed by atoms with Gasteiger partial charge in [0.1, 0.15) is 6.21 Å². The maximum absolute atomic E-state index is 11.0. The van der Waals surface area contributed by atoms with Gasteiger partial charge in [0.15, 0.2) is 0 Å². The van der Waals surface area contributed by atoms with Crippen LogP contribution in [0.2, 0.25) is 0 Å². The first-order chi connectivity index (χ1) is 6.22. The van der Waals surface area contributed by atoms with Crippen molar-refractivity contribution in [3.63, 3.8) is 0 Å². The summed E-state index contributed by atoms with van der Waals surface area (Å²) in [6, 6.07) is 0.224. The molecule has 0 atom stereocenters. The second-order valence-electron chi connectivity index (χ2n) is 3.33. The van der Waals surface area contributed by atoms with Crippen molar-refractivity contribution in [3.8, 4) is 0 Å². The van der Waals surface area contributed by atoms with Gasteiger partial charge < -0.3 is 15.4 Å². The number of nitrogens with zero attached hydrogens (tertiary/aromatic N) is 2. The number of carbonyl (C=O) groups excluding carboxylic acids is 1. The van der Waals surface area contributed by atoms with E-state index < -0.39 is 0 Å². The Kier molecular flexibility index (Phi) is 3.70. The molecule has 0 unspecified atom stereocenters. The molecule has 0 aromatic rings. The molecule has 0 spiro atoms. The van der Waals surface area contributed by atoms with Gasteiger partial charge in [-0.25, -0.2) is 0 Å². The van der Waals surface area contributed by atoms with Gasteiger partial charge >= 0.3 is 0 Å². The average Bonchev–Trinajstić information content (AvgIpc) is 2.09. The Labute approximate surface area is 77.4 Å². The SMILES string of the molecule is CN1CCC(NC(=O)/C=N\O)CC1. The van der Waals surface area contributed by atoms with E-state index in [1.54, 1.807) is 0 Å². The minimum Gasteiger partial charge on any atom is -0.411 e. The minimum atomic E-state index is -0.322. The maximum atomic E-state index is 11.0. The Morgan fingerprint density at radius 1 is 1.62 bits per heavy atom. The van der Waals surface area contributed by atoms with E-state index in [0.717, 1.165) is 32.1 Å². The number of carbonyl (C=O) groups is 1. The second-order valence-corrected chi connectivity index (χ2v) is 3.33. The second kappa shape index (κ2) is 4.81. The molecule has 0 aromatic carbocycles. The number of oxime groups is 1. The molecule has 0 saturated carbocycles. The lowest BCUT2D eigenvalue weighted by atomic mass is 10.1. The van der Waals surface area contributed by atoms with Crippen LogP contribution < -0.4 is 5.32 Å². The van der Waals surface area contributed by atoms with E-state index in [-0.39, 0.29) is 11.9 Å². The highest BCUT2D eigenvalue weighted by atomic mass is 16.4. The van der Waals surface area contributed by atoms with Gasteiger partial charge in [0.2, 0.25) is 0 Å². The highest BCUT2D eigenvalue weighted by Gasteiger charge is 2.17. The fourth-order valence-electron chi connectivity index (χ4n) is 1.44. The van der Waals surface area contributed by atoms with Crippen molar-refractivity contribution in [1.82, 2.24) is 10.2 Å². The Hall–Kier alpha value is -1.10. The third-order valence-corrected chi connectivity index (χ3v) is 2.24. The molecule has 0 bridgehead atoms. The lowest BCUT2D eigenvalue weighted by Gasteiger charge is -2.28. The number of piperidine rings is 1. The average molecular weight is 185 g/mol. The van der Waals surface area contributed by atoms with Crippen LogP contribution >= 0.6 is 0 Å². The summed E-state index contributed by atoms with van der Waals surface area (Å²) in [6.45, 7) is 2.00. The fraction of sp³-hybridized carbons (Fsp3) is 0.750.